The number of nitro groups is 1. The van der Waals surface area contributed by atoms with Crippen molar-refractivity contribution in [2.24, 2.45) is 13.0 Å². The van der Waals surface area contributed by atoms with Crippen molar-refractivity contribution in [3.8, 4) is 11.3 Å². The number of aliphatic hydroxyl groups is 1. The van der Waals surface area contributed by atoms with Crippen LogP contribution in [0.25, 0.3) is 11.3 Å². The fourth-order valence-corrected chi connectivity index (χ4v) is 2.64. The predicted molar refractivity (Wildman–Crippen MR) is 93.1 cm³/mol. The molecule has 0 aliphatic carbocycles. The van der Waals surface area contributed by atoms with Crippen LogP contribution >= 0.6 is 0 Å². The summed E-state index contributed by atoms with van der Waals surface area (Å²) >= 11 is 0. The summed E-state index contributed by atoms with van der Waals surface area (Å²) < 4.78 is 1.53. The number of carbonyl (C=O) groups is 1. The number of nitrogens with zero attached hydrogens (tertiary/aromatic N) is 3. The molecule has 2 N–H and O–H groups in total. The third-order valence-corrected chi connectivity index (χ3v) is 3.78. The Morgan fingerprint density at radius 1 is 1.36 bits per heavy atom. The number of nitro benzene ring substituents is 1. The van der Waals surface area contributed by atoms with Gasteiger partial charge in [-0.3, -0.25) is 19.6 Å². The highest BCUT2D eigenvalue weighted by molar-refractivity contribution is 5.99. The van der Waals surface area contributed by atoms with E-state index in [1.807, 2.05) is 6.92 Å². The molecule has 0 saturated carbocycles. The summed E-state index contributed by atoms with van der Waals surface area (Å²) in [4.78, 5) is 22.8. The summed E-state index contributed by atoms with van der Waals surface area (Å²) in [6.45, 7) is 4.11. The van der Waals surface area contributed by atoms with E-state index in [0.717, 1.165) is 0 Å². The van der Waals surface area contributed by atoms with E-state index in [9.17, 15) is 20.0 Å². The first kappa shape index (κ1) is 18.6. The van der Waals surface area contributed by atoms with E-state index in [1.54, 1.807) is 32.3 Å². The van der Waals surface area contributed by atoms with Crippen molar-refractivity contribution in [3.63, 3.8) is 0 Å². The fourth-order valence-electron chi connectivity index (χ4n) is 2.64. The number of aromatic nitrogens is 2. The van der Waals surface area contributed by atoms with Crippen molar-refractivity contribution >= 4 is 11.6 Å². The van der Waals surface area contributed by atoms with Crippen LogP contribution in [0.2, 0.25) is 0 Å². The largest absolute Gasteiger partial charge is 0.393 e. The first-order chi connectivity index (χ1) is 11.8. The van der Waals surface area contributed by atoms with Crippen LogP contribution in [0.3, 0.4) is 0 Å². The molecule has 8 heteroatoms. The Morgan fingerprint density at radius 2 is 2.00 bits per heavy atom. The zero-order valence-electron chi connectivity index (χ0n) is 14.5. The summed E-state index contributed by atoms with van der Waals surface area (Å²) in [5.74, 6) is -0.123. The van der Waals surface area contributed by atoms with E-state index in [-0.39, 0.29) is 17.5 Å². The van der Waals surface area contributed by atoms with Gasteiger partial charge in [0, 0.05) is 37.5 Å². The number of carbonyl (C=O) groups excluding carboxylic acids is 1. The number of non-ortho nitro benzene ring substituents is 1. The lowest BCUT2D eigenvalue weighted by Gasteiger charge is -2.14. The van der Waals surface area contributed by atoms with Crippen LogP contribution in [0, 0.1) is 16.0 Å². The van der Waals surface area contributed by atoms with Gasteiger partial charge in [0.25, 0.3) is 11.6 Å². The van der Waals surface area contributed by atoms with Crippen molar-refractivity contribution in [2.45, 2.75) is 26.4 Å². The molecule has 2 atom stereocenters. The van der Waals surface area contributed by atoms with E-state index in [2.05, 4.69) is 10.4 Å². The maximum Gasteiger partial charge on any atom is 0.269 e. The Labute approximate surface area is 145 Å². The van der Waals surface area contributed by atoms with Gasteiger partial charge in [0.1, 0.15) is 5.69 Å². The van der Waals surface area contributed by atoms with Gasteiger partial charge in [0.05, 0.1) is 16.6 Å². The molecule has 2 aromatic rings. The van der Waals surface area contributed by atoms with E-state index < -0.39 is 11.0 Å². The average molecular weight is 346 g/mol. The van der Waals surface area contributed by atoms with Gasteiger partial charge in [-0.05, 0) is 31.4 Å². The van der Waals surface area contributed by atoms with Gasteiger partial charge < -0.3 is 10.4 Å². The molecule has 2 rings (SSSR count). The molecule has 1 amide bonds. The maximum absolute atomic E-state index is 12.5. The summed E-state index contributed by atoms with van der Waals surface area (Å²) in [5.41, 5.74) is 1.49. The molecule has 1 aromatic heterocycles. The van der Waals surface area contributed by atoms with Crippen LogP contribution < -0.4 is 5.32 Å². The zero-order chi connectivity index (χ0) is 18.6. The highest BCUT2D eigenvalue weighted by Crippen LogP contribution is 2.24. The van der Waals surface area contributed by atoms with Crippen molar-refractivity contribution in [1.29, 1.82) is 0 Å². The van der Waals surface area contributed by atoms with Gasteiger partial charge in [-0.15, -0.1) is 0 Å². The molecule has 0 bridgehead atoms. The van der Waals surface area contributed by atoms with Crippen LogP contribution in [0.1, 0.15) is 30.6 Å². The van der Waals surface area contributed by atoms with E-state index in [0.29, 0.717) is 29.8 Å². The second-order valence-electron chi connectivity index (χ2n) is 6.27. The van der Waals surface area contributed by atoms with Crippen LogP contribution in [-0.4, -0.2) is 38.4 Å². The quantitative estimate of drug-likeness (QED) is 0.589. The molecular weight excluding hydrogens is 324 g/mol. The number of hydrogen-bond donors (Lipinski definition) is 2. The molecule has 0 spiro atoms. The molecule has 25 heavy (non-hydrogen) atoms. The lowest BCUT2D eigenvalue weighted by Crippen LogP contribution is -2.29. The highest BCUT2D eigenvalue weighted by Gasteiger charge is 2.18. The second-order valence-corrected chi connectivity index (χ2v) is 6.27. The first-order valence-electron chi connectivity index (χ1n) is 8.02. The van der Waals surface area contributed by atoms with Crippen LogP contribution in [0.4, 0.5) is 5.69 Å². The van der Waals surface area contributed by atoms with Crippen molar-refractivity contribution in [1.82, 2.24) is 15.1 Å². The molecule has 0 radical (unpaired) electrons. The summed E-state index contributed by atoms with van der Waals surface area (Å²) in [5, 5.41) is 27.3. The standard InChI is InChI=1S/C17H22N4O4/c1-11(8-12(2)22)9-18-17(23)15-10-20(3)19-16(15)13-4-6-14(7-5-13)21(24)25/h4-7,10-12,22H,8-9H2,1-3H3,(H,18,23). The van der Waals surface area contributed by atoms with E-state index in [4.69, 9.17) is 0 Å². The van der Waals surface area contributed by atoms with Gasteiger partial charge in [-0.2, -0.15) is 5.10 Å². The third-order valence-electron chi connectivity index (χ3n) is 3.78. The molecule has 0 fully saturated rings. The van der Waals surface area contributed by atoms with E-state index in [1.165, 1.54) is 16.8 Å². The Balaban J connectivity index is 2.17. The topological polar surface area (TPSA) is 110 Å². The van der Waals surface area contributed by atoms with Crippen molar-refractivity contribution < 1.29 is 14.8 Å². The van der Waals surface area contributed by atoms with Crippen LogP contribution in [0.15, 0.2) is 30.5 Å². The zero-order valence-corrected chi connectivity index (χ0v) is 14.5. The SMILES string of the molecule is CC(O)CC(C)CNC(=O)c1cn(C)nc1-c1ccc([N+](=O)[O-])cc1. The van der Waals surface area contributed by atoms with Gasteiger partial charge in [0.2, 0.25) is 0 Å². The monoisotopic (exact) mass is 346 g/mol. The molecule has 0 saturated heterocycles. The number of amides is 1. The normalized spacial score (nSPS) is 13.3. The molecule has 1 aromatic carbocycles. The van der Waals surface area contributed by atoms with Gasteiger partial charge >= 0.3 is 0 Å². The second kappa shape index (κ2) is 7.89. The van der Waals surface area contributed by atoms with Gasteiger partial charge in [-0.1, -0.05) is 6.92 Å². The van der Waals surface area contributed by atoms with Crippen LogP contribution in [0.5, 0.6) is 0 Å². The number of nitrogens with one attached hydrogen (secondary N) is 1. The molecule has 1 heterocycles. The molecular formula is C17H22N4O4. The summed E-state index contributed by atoms with van der Waals surface area (Å²) in [7, 11) is 1.71. The Morgan fingerprint density at radius 3 is 2.56 bits per heavy atom. The smallest absolute Gasteiger partial charge is 0.269 e. The van der Waals surface area contributed by atoms with E-state index >= 15 is 0 Å². The summed E-state index contributed by atoms with van der Waals surface area (Å²) in [6, 6.07) is 5.92. The minimum absolute atomic E-state index is 0.0161. The molecule has 0 aliphatic rings. The van der Waals surface area contributed by atoms with Crippen LogP contribution in [-0.2, 0) is 7.05 Å². The Hall–Kier alpha value is -2.74. The predicted octanol–water partition coefficient (Wildman–Crippen LogP) is 2.13. The molecule has 2 unspecified atom stereocenters. The molecule has 8 nitrogen and oxygen atoms in total. The lowest BCUT2D eigenvalue weighted by atomic mass is 10.0. The highest BCUT2D eigenvalue weighted by atomic mass is 16.6. The fraction of sp³-hybridized carbons (Fsp3) is 0.412. The number of hydrogen-bond acceptors (Lipinski definition) is 5. The third kappa shape index (κ3) is 4.87. The number of aryl methyl sites for hydroxylation is 1. The van der Waals surface area contributed by atoms with Crippen molar-refractivity contribution in [2.75, 3.05) is 6.54 Å². The molecule has 134 valence electrons. The molecule has 0 aliphatic heterocycles. The number of benzene rings is 1. The van der Waals surface area contributed by atoms with Gasteiger partial charge in [0.15, 0.2) is 0 Å². The Bertz CT molecular complexity index is 753. The lowest BCUT2D eigenvalue weighted by molar-refractivity contribution is -0.384. The van der Waals surface area contributed by atoms with Gasteiger partial charge in [-0.25, -0.2) is 0 Å². The minimum Gasteiger partial charge on any atom is -0.393 e. The number of rotatable bonds is 7. The maximum atomic E-state index is 12.5. The minimum atomic E-state index is -0.473. The Kier molecular flexibility index (Phi) is 5.87. The summed E-state index contributed by atoms with van der Waals surface area (Å²) in [6.07, 6.45) is 1.80. The average Bonchev–Trinajstić information content (AvgIpc) is 2.94. The first-order valence-corrected chi connectivity index (χ1v) is 8.02. The van der Waals surface area contributed by atoms with Crippen molar-refractivity contribution in [3.05, 3.63) is 46.1 Å². The number of aliphatic hydroxyl groups excluding tert-OH is 1.